The van der Waals surface area contributed by atoms with Crippen molar-refractivity contribution in [2.75, 3.05) is 20.2 Å². The van der Waals surface area contributed by atoms with Gasteiger partial charge in [0.2, 0.25) is 0 Å². The highest BCUT2D eigenvalue weighted by Gasteiger charge is 2.41. The highest BCUT2D eigenvalue weighted by Crippen LogP contribution is 2.31. The molecule has 72 valence electrons. The summed E-state index contributed by atoms with van der Waals surface area (Å²) in [6, 6.07) is 0. The fourth-order valence-corrected chi connectivity index (χ4v) is 2.19. The first-order valence-corrected chi connectivity index (χ1v) is 4.65. The van der Waals surface area contributed by atoms with Crippen LogP contribution in [-0.2, 0) is 0 Å². The number of aliphatic hydroxyl groups excluding tert-OH is 2. The van der Waals surface area contributed by atoms with Crippen LogP contribution in [0.3, 0.4) is 0 Å². The lowest BCUT2D eigenvalue weighted by molar-refractivity contribution is 0.0745. The summed E-state index contributed by atoms with van der Waals surface area (Å²) in [6.45, 7) is 2.96. The van der Waals surface area contributed by atoms with Gasteiger partial charge in [0.05, 0.1) is 12.7 Å². The summed E-state index contributed by atoms with van der Waals surface area (Å²) in [6.07, 6.45) is 2.48. The molecule has 2 unspecified atom stereocenters. The van der Waals surface area contributed by atoms with Crippen molar-refractivity contribution < 1.29 is 10.2 Å². The smallest absolute Gasteiger partial charge is 0.0685 e. The molecule has 0 radical (unpaired) electrons. The Morgan fingerprint density at radius 2 is 2.25 bits per heavy atom. The third-order valence-corrected chi connectivity index (χ3v) is 2.92. The van der Waals surface area contributed by atoms with Crippen LogP contribution >= 0.6 is 0 Å². The lowest BCUT2D eigenvalue weighted by atomic mass is 9.91. The van der Waals surface area contributed by atoms with Gasteiger partial charge in [0.25, 0.3) is 0 Å². The molecule has 3 heteroatoms. The SMILES string of the molecule is CCCC1(CO)CC(O)CN1C. The monoisotopic (exact) mass is 173 g/mol. The molecule has 1 aliphatic heterocycles. The maximum absolute atomic E-state index is 9.44. The van der Waals surface area contributed by atoms with Gasteiger partial charge in [0.1, 0.15) is 0 Å². The highest BCUT2D eigenvalue weighted by atomic mass is 16.3. The summed E-state index contributed by atoms with van der Waals surface area (Å²) < 4.78 is 0. The zero-order valence-corrected chi connectivity index (χ0v) is 7.95. The van der Waals surface area contributed by atoms with Gasteiger partial charge >= 0.3 is 0 Å². The van der Waals surface area contributed by atoms with Crippen LogP contribution in [0.5, 0.6) is 0 Å². The minimum atomic E-state index is -0.256. The first kappa shape index (κ1) is 9.96. The van der Waals surface area contributed by atoms with Crippen molar-refractivity contribution in [1.82, 2.24) is 4.90 Å². The Balaban J connectivity index is 2.65. The number of likely N-dealkylation sites (N-methyl/N-ethyl adjacent to an activating group) is 1. The van der Waals surface area contributed by atoms with Crippen LogP contribution in [0.1, 0.15) is 26.2 Å². The summed E-state index contributed by atoms with van der Waals surface area (Å²) in [5.41, 5.74) is -0.145. The first-order chi connectivity index (χ1) is 5.64. The Morgan fingerprint density at radius 3 is 2.58 bits per heavy atom. The van der Waals surface area contributed by atoms with Crippen molar-refractivity contribution in [2.24, 2.45) is 0 Å². The van der Waals surface area contributed by atoms with Crippen molar-refractivity contribution in [3.8, 4) is 0 Å². The Kier molecular flexibility index (Phi) is 3.09. The molecule has 0 aliphatic carbocycles. The fraction of sp³-hybridized carbons (Fsp3) is 1.00. The summed E-state index contributed by atoms with van der Waals surface area (Å²) >= 11 is 0. The number of aliphatic hydroxyl groups is 2. The quantitative estimate of drug-likeness (QED) is 0.641. The van der Waals surface area contributed by atoms with Crippen molar-refractivity contribution in [3.63, 3.8) is 0 Å². The first-order valence-electron chi connectivity index (χ1n) is 4.65. The number of hydrogen-bond acceptors (Lipinski definition) is 3. The molecule has 3 nitrogen and oxygen atoms in total. The van der Waals surface area contributed by atoms with Gasteiger partial charge in [-0.1, -0.05) is 13.3 Å². The second-order valence-electron chi connectivity index (χ2n) is 3.87. The van der Waals surface area contributed by atoms with Crippen LogP contribution in [0.4, 0.5) is 0 Å². The van der Waals surface area contributed by atoms with Crippen LogP contribution in [0.2, 0.25) is 0 Å². The molecular weight excluding hydrogens is 154 g/mol. The molecule has 0 saturated carbocycles. The minimum absolute atomic E-state index is 0.145. The number of hydrogen-bond donors (Lipinski definition) is 2. The van der Waals surface area contributed by atoms with E-state index in [2.05, 4.69) is 11.8 Å². The molecule has 1 fully saturated rings. The standard InChI is InChI=1S/C9H19NO2/c1-3-4-9(7-11)5-8(12)6-10(9)2/h8,11-12H,3-7H2,1-2H3. The predicted molar refractivity (Wildman–Crippen MR) is 48.0 cm³/mol. The van der Waals surface area contributed by atoms with Gasteiger partial charge in [0, 0.05) is 12.1 Å². The molecule has 0 spiro atoms. The molecule has 1 heterocycles. The van der Waals surface area contributed by atoms with E-state index in [-0.39, 0.29) is 18.2 Å². The molecule has 1 aliphatic rings. The van der Waals surface area contributed by atoms with E-state index in [1.165, 1.54) is 0 Å². The van der Waals surface area contributed by atoms with E-state index in [4.69, 9.17) is 0 Å². The second-order valence-corrected chi connectivity index (χ2v) is 3.87. The average molecular weight is 173 g/mol. The van der Waals surface area contributed by atoms with Crippen molar-refractivity contribution in [3.05, 3.63) is 0 Å². The maximum Gasteiger partial charge on any atom is 0.0685 e. The van der Waals surface area contributed by atoms with Gasteiger partial charge in [-0.25, -0.2) is 0 Å². The minimum Gasteiger partial charge on any atom is -0.394 e. The van der Waals surface area contributed by atoms with Gasteiger partial charge in [-0.2, -0.15) is 0 Å². The van der Waals surface area contributed by atoms with Crippen LogP contribution in [0, 0.1) is 0 Å². The summed E-state index contributed by atoms with van der Waals surface area (Å²) in [5.74, 6) is 0. The molecule has 2 N–H and O–H groups in total. The number of nitrogens with zero attached hydrogens (tertiary/aromatic N) is 1. The molecule has 1 saturated heterocycles. The normalized spacial score (nSPS) is 37.5. The predicted octanol–water partition coefficient (Wildman–Crippen LogP) is 0.214. The van der Waals surface area contributed by atoms with Gasteiger partial charge < -0.3 is 10.2 Å². The lowest BCUT2D eigenvalue weighted by Crippen LogP contribution is -2.44. The Bertz CT molecular complexity index is 151. The summed E-state index contributed by atoms with van der Waals surface area (Å²) in [7, 11) is 1.97. The van der Waals surface area contributed by atoms with Gasteiger partial charge in [-0.3, -0.25) is 4.90 Å². The largest absolute Gasteiger partial charge is 0.394 e. The van der Waals surface area contributed by atoms with Crippen LogP contribution < -0.4 is 0 Å². The number of likely N-dealkylation sites (tertiary alicyclic amines) is 1. The van der Waals surface area contributed by atoms with E-state index in [1.54, 1.807) is 0 Å². The Morgan fingerprint density at radius 1 is 1.58 bits per heavy atom. The fourth-order valence-electron chi connectivity index (χ4n) is 2.19. The Hall–Kier alpha value is -0.120. The lowest BCUT2D eigenvalue weighted by Gasteiger charge is -2.33. The molecule has 1 rings (SSSR count). The van der Waals surface area contributed by atoms with Crippen LogP contribution in [-0.4, -0.2) is 47.0 Å². The molecule has 0 aromatic heterocycles. The third-order valence-electron chi connectivity index (χ3n) is 2.92. The number of β-amino-alcohol motifs (C(OH)–C–C–N with tert-alkyl or cyclic N) is 1. The summed E-state index contributed by atoms with van der Waals surface area (Å²) in [4.78, 5) is 2.08. The van der Waals surface area contributed by atoms with E-state index < -0.39 is 0 Å². The highest BCUT2D eigenvalue weighted by molar-refractivity contribution is 4.97. The van der Waals surface area contributed by atoms with E-state index in [0.29, 0.717) is 13.0 Å². The van der Waals surface area contributed by atoms with E-state index >= 15 is 0 Å². The third kappa shape index (κ3) is 1.63. The van der Waals surface area contributed by atoms with Crippen molar-refractivity contribution >= 4 is 0 Å². The zero-order valence-electron chi connectivity index (χ0n) is 7.95. The summed E-state index contributed by atoms with van der Waals surface area (Å²) in [5, 5.41) is 18.7. The molecule has 2 atom stereocenters. The zero-order chi connectivity index (χ0) is 9.19. The Labute approximate surface area is 74.0 Å². The van der Waals surface area contributed by atoms with Crippen LogP contribution in [0.15, 0.2) is 0 Å². The molecular formula is C9H19NO2. The maximum atomic E-state index is 9.44. The van der Waals surface area contributed by atoms with Crippen LogP contribution in [0.25, 0.3) is 0 Å². The molecule has 0 bridgehead atoms. The molecule has 0 aromatic rings. The van der Waals surface area contributed by atoms with Crippen molar-refractivity contribution in [1.29, 1.82) is 0 Å². The van der Waals surface area contributed by atoms with Gasteiger partial charge in [0.15, 0.2) is 0 Å². The van der Waals surface area contributed by atoms with E-state index in [9.17, 15) is 10.2 Å². The number of rotatable bonds is 3. The molecule has 12 heavy (non-hydrogen) atoms. The van der Waals surface area contributed by atoms with E-state index in [1.807, 2.05) is 7.05 Å². The van der Waals surface area contributed by atoms with Gasteiger partial charge in [-0.05, 0) is 19.9 Å². The van der Waals surface area contributed by atoms with Crippen molar-refractivity contribution in [2.45, 2.75) is 37.8 Å². The van der Waals surface area contributed by atoms with Gasteiger partial charge in [-0.15, -0.1) is 0 Å². The van der Waals surface area contributed by atoms with E-state index in [0.717, 1.165) is 12.8 Å². The topological polar surface area (TPSA) is 43.7 Å². The second kappa shape index (κ2) is 3.73. The average Bonchev–Trinajstić information content (AvgIpc) is 2.28. The molecule has 0 amide bonds. The molecule has 0 aromatic carbocycles.